The lowest BCUT2D eigenvalue weighted by atomic mass is 9.78. The van der Waals surface area contributed by atoms with Crippen molar-refractivity contribution in [1.82, 2.24) is 4.90 Å². The van der Waals surface area contributed by atoms with Crippen molar-refractivity contribution in [2.24, 2.45) is 5.41 Å². The van der Waals surface area contributed by atoms with Gasteiger partial charge in [0.2, 0.25) is 5.91 Å². The molecular formula is C15H27NO3. The summed E-state index contributed by atoms with van der Waals surface area (Å²) in [4.78, 5) is 25.9. The van der Waals surface area contributed by atoms with Crippen molar-refractivity contribution < 1.29 is 14.7 Å². The molecule has 0 bridgehead atoms. The van der Waals surface area contributed by atoms with Gasteiger partial charge in [0.05, 0.1) is 5.41 Å². The third-order valence-electron chi connectivity index (χ3n) is 4.78. The van der Waals surface area contributed by atoms with E-state index in [0.717, 1.165) is 19.3 Å². The van der Waals surface area contributed by atoms with Crippen LogP contribution in [0.5, 0.6) is 0 Å². The first-order valence-electron chi connectivity index (χ1n) is 7.42. The van der Waals surface area contributed by atoms with Gasteiger partial charge >= 0.3 is 5.97 Å². The first-order chi connectivity index (χ1) is 8.88. The normalized spacial score (nSPS) is 24.3. The summed E-state index contributed by atoms with van der Waals surface area (Å²) < 4.78 is 0. The van der Waals surface area contributed by atoms with Crippen LogP contribution >= 0.6 is 0 Å². The van der Waals surface area contributed by atoms with Gasteiger partial charge in [0.1, 0.15) is 0 Å². The number of likely N-dealkylation sites (tertiary alicyclic amines) is 1. The minimum absolute atomic E-state index is 0.00537. The number of amides is 1. The van der Waals surface area contributed by atoms with Crippen molar-refractivity contribution >= 4 is 11.9 Å². The molecule has 1 heterocycles. The number of hydrogen-bond acceptors (Lipinski definition) is 2. The average Bonchev–Trinajstić information content (AvgIpc) is 2.35. The van der Waals surface area contributed by atoms with Gasteiger partial charge in [0, 0.05) is 18.5 Å². The molecule has 1 fully saturated rings. The molecule has 0 spiro atoms. The lowest BCUT2D eigenvalue weighted by molar-refractivity contribution is -0.156. The smallest absolute Gasteiger partial charge is 0.310 e. The second-order valence-corrected chi connectivity index (χ2v) is 5.90. The van der Waals surface area contributed by atoms with E-state index in [1.54, 1.807) is 0 Å². The van der Waals surface area contributed by atoms with E-state index in [2.05, 4.69) is 13.8 Å². The number of carbonyl (C=O) groups is 2. The molecule has 1 aliphatic heterocycles. The number of carboxylic acid groups (broad SMARTS) is 1. The molecule has 0 aromatic rings. The van der Waals surface area contributed by atoms with E-state index in [1.807, 2.05) is 18.7 Å². The third-order valence-corrected chi connectivity index (χ3v) is 4.78. The van der Waals surface area contributed by atoms with Crippen LogP contribution in [0.1, 0.15) is 66.2 Å². The van der Waals surface area contributed by atoms with Crippen LogP contribution in [-0.2, 0) is 9.59 Å². The van der Waals surface area contributed by atoms with Crippen molar-refractivity contribution in [3.63, 3.8) is 0 Å². The quantitative estimate of drug-likeness (QED) is 0.834. The zero-order valence-electron chi connectivity index (χ0n) is 12.6. The van der Waals surface area contributed by atoms with E-state index < -0.39 is 11.4 Å². The number of hydrogen-bond donors (Lipinski definition) is 1. The second kappa shape index (κ2) is 6.40. The van der Waals surface area contributed by atoms with E-state index in [-0.39, 0.29) is 24.4 Å². The third kappa shape index (κ3) is 3.28. The molecule has 2 atom stereocenters. The summed E-state index contributed by atoms with van der Waals surface area (Å²) in [6, 6.07) is 0.466. The minimum Gasteiger partial charge on any atom is -0.481 e. The van der Waals surface area contributed by atoms with Crippen molar-refractivity contribution in [2.45, 2.75) is 78.3 Å². The highest BCUT2D eigenvalue weighted by molar-refractivity contribution is 5.85. The zero-order chi connectivity index (χ0) is 14.6. The SMILES string of the molecule is CCC(CC)(CC(=O)N1[C@H](C)CCC[C@@H]1C)C(=O)O. The van der Waals surface area contributed by atoms with E-state index in [9.17, 15) is 14.7 Å². The number of carbonyl (C=O) groups excluding carboxylic acids is 1. The molecule has 1 rings (SSSR count). The number of piperidine rings is 1. The van der Waals surface area contributed by atoms with Crippen LogP contribution in [0.2, 0.25) is 0 Å². The summed E-state index contributed by atoms with van der Waals surface area (Å²) in [6.07, 6.45) is 4.33. The van der Waals surface area contributed by atoms with Gasteiger partial charge in [-0.25, -0.2) is 0 Å². The Morgan fingerprint density at radius 1 is 1.16 bits per heavy atom. The molecule has 0 aromatic carbocycles. The molecule has 19 heavy (non-hydrogen) atoms. The minimum atomic E-state index is -0.895. The Morgan fingerprint density at radius 2 is 1.63 bits per heavy atom. The monoisotopic (exact) mass is 269 g/mol. The molecule has 0 aliphatic carbocycles. The van der Waals surface area contributed by atoms with Gasteiger partial charge < -0.3 is 10.0 Å². The first-order valence-corrected chi connectivity index (χ1v) is 7.42. The Balaban J connectivity index is 2.84. The van der Waals surface area contributed by atoms with E-state index in [1.165, 1.54) is 0 Å². The zero-order valence-corrected chi connectivity index (χ0v) is 12.6. The Bertz CT molecular complexity index is 326. The lowest BCUT2D eigenvalue weighted by Crippen LogP contribution is -2.49. The number of carboxylic acids is 1. The molecule has 0 radical (unpaired) electrons. The van der Waals surface area contributed by atoms with Crippen LogP contribution in [0, 0.1) is 5.41 Å². The van der Waals surface area contributed by atoms with Gasteiger partial charge in [-0.05, 0) is 46.0 Å². The predicted molar refractivity (Wildman–Crippen MR) is 74.9 cm³/mol. The standard InChI is InChI=1S/C15H27NO3/c1-5-15(6-2,14(18)19)10-13(17)16-11(3)8-7-9-12(16)4/h11-12H,5-10H2,1-4H3,(H,18,19)/t11-,12+. The highest BCUT2D eigenvalue weighted by Gasteiger charge is 2.40. The van der Waals surface area contributed by atoms with Crippen LogP contribution in [0.15, 0.2) is 0 Å². The molecule has 4 nitrogen and oxygen atoms in total. The molecule has 1 amide bonds. The summed E-state index contributed by atoms with van der Waals surface area (Å²) in [5.41, 5.74) is -0.895. The van der Waals surface area contributed by atoms with Crippen LogP contribution in [0.25, 0.3) is 0 Å². The molecule has 0 unspecified atom stereocenters. The van der Waals surface area contributed by atoms with Gasteiger partial charge in [0.25, 0.3) is 0 Å². The molecular weight excluding hydrogens is 242 g/mol. The number of nitrogens with zero attached hydrogens (tertiary/aromatic N) is 1. The van der Waals surface area contributed by atoms with Gasteiger partial charge in [-0.2, -0.15) is 0 Å². The van der Waals surface area contributed by atoms with Crippen molar-refractivity contribution in [3.05, 3.63) is 0 Å². The fourth-order valence-corrected chi connectivity index (χ4v) is 3.17. The van der Waals surface area contributed by atoms with Crippen LogP contribution in [0.3, 0.4) is 0 Å². The first kappa shape index (κ1) is 16.0. The lowest BCUT2D eigenvalue weighted by Gasteiger charge is -2.41. The van der Waals surface area contributed by atoms with Gasteiger partial charge in [0.15, 0.2) is 0 Å². The molecule has 1 aliphatic rings. The largest absolute Gasteiger partial charge is 0.481 e. The molecule has 1 saturated heterocycles. The highest BCUT2D eigenvalue weighted by Crippen LogP contribution is 2.33. The Morgan fingerprint density at radius 3 is 2.00 bits per heavy atom. The molecule has 1 N–H and O–H groups in total. The number of aliphatic carboxylic acids is 1. The van der Waals surface area contributed by atoms with Crippen LogP contribution < -0.4 is 0 Å². The van der Waals surface area contributed by atoms with Gasteiger partial charge in [-0.1, -0.05) is 13.8 Å². The number of rotatable bonds is 5. The summed E-state index contributed by atoms with van der Waals surface area (Å²) in [7, 11) is 0. The molecule has 110 valence electrons. The fourth-order valence-electron chi connectivity index (χ4n) is 3.17. The fraction of sp³-hybridized carbons (Fsp3) is 0.867. The molecule has 0 saturated carbocycles. The average molecular weight is 269 g/mol. The van der Waals surface area contributed by atoms with Crippen LogP contribution in [0.4, 0.5) is 0 Å². The predicted octanol–water partition coefficient (Wildman–Crippen LogP) is 3.06. The van der Waals surface area contributed by atoms with Gasteiger partial charge in [-0.15, -0.1) is 0 Å². The summed E-state index contributed by atoms with van der Waals surface area (Å²) >= 11 is 0. The summed E-state index contributed by atoms with van der Waals surface area (Å²) in [6.45, 7) is 7.84. The van der Waals surface area contributed by atoms with Crippen LogP contribution in [-0.4, -0.2) is 34.0 Å². The van der Waals surface area contributed by atoms with Gasteiger partial charge in [-0.3, -0.25) is 9.59 Å². The summed E-state index contributed by atoms with van der Waals surface area (Å²) in [5.74, 6) is -0.839. The molecule has 4 heteroatoms. The van der Waals surface area contributed by atoms with Crippen molar-refractivity contribution in [2.75, 3.05) is 0 Å². The Kier molecular flexibility index (Phi) is 5.39. The van der Waals surface area contributed by atoms with E-state index in [0.29, 0.717) is 12.8 Å². The second-order valence-electron chi connectivity index (χ2n) is 5.90. The maximum absolute atomic E-state index is 12.5. The maximum atomic E-state index is 12.5. The van der Waals surface area contributed by atoms with E-state index >= 15 is 0 Å². The van der Waals surface area contributed by atoms with Crippen molar-refractivity contribution in [1.29, 1.82) is 0 Å². The Labute approximate surface area is 116 Å². The maximum Gasteiger partial charge on any atom is 0.310 e. The van der Waals surface area contributed by atoms with Crippen molar-refractivity contribution in [3.8, 4) is 0 Å². The molecule has 0 aromatic heterocycles. The highest BCUT2D eigenvalue weighted by atomic mass is 16.4. The van der Waals surface area contributed by atoms with E-state index in [4.69, 9.17) is 0 Å². The topological polar surface area (TPSA) is 57.6 Å². The Hall–Kier alpha value is -1.06. The summed E-state index contributed by atoms with van der Waals surface area (Å²) in [5, 5.41) is 9.43.